The lowest BCUT2D eigenvalue weighted by Crippen LogP contribution is -2.26. The molecule has 1 aliphatic rings. The highest BCUT2D eigenvalue weighted by molar-refractivity contribution is 5.95. The van der Waals surface area contributed by atoms with E-state index < -0.39 is 10.9 Å². The molecule has 1 aromatic carbocycles. The van der Waals surface area contributed by atoms with Gasteiger partial charge in [-0.3, -0.25) is 10.1 Å². The topological polar surface area (TPSA) is 92.5 Å². The molecule has 114 valence electrons. The molecule has 0 bridgehead atoms. The third kappa shape index (κ3) is 3.51. The van der Waals surface area contributed by atoms with Gasteiger partial charge in [-0.05, 0) is 43.7 Å². The SMILES string of the molecule is CCC1CCC(Nc2cccc(C(=O)O)c2[N+](=O)[O-])CC1. The zero-order chi connectivity index (χ0) is 15.4. The third-order valence-corrected chi connectivity index (χ3v) is 4.23. The summed E-state index contributed by atoms with van der Waals surface area (Å²) < 4.78 is 0. The van der Waals surface area contributed by atoms with Crippen LogP contribution in [-0.4, -0.2) is 22.0 Å². The Bertz CT molecular complexity index is 536. The first-order chi connectivity index (χ1) is 10.0. The summed E-state index contributed by atoms with van der Waals surface area (Å²) in [7, 11) is 0. The number of aromatic carboxylic acids is 1. The first kappa shape index (κ1) is 15.3. The molecule has 6 nitrogen and oxygen atoms in total. The number of nitrogens with zero attached hydrogens (tertiary/aromatic N) is 1. The smallest absolute Gasteiger partial charge is 0.342 e. The second kappa shape index (κ2) is 6.56. The Morgan fingerprint density at radius 2 is 2.05 bits per heavy atom. The van der Waals surface area contributed by atoms with Gasteiger partial charge in [-0.15, -0.1) is 0 Å². The number of benzene rings is 1. The third-order valence-electron chi connectivity index (χ3n) is 4.23. The van der Waals surface area contributed by atoms with Crippen molar-refractivity contribution < 1.29 is 14.8 Å². The number of carboxylic acids is 1. The molecule has 0 amide bonds. The number of nitro groups is 1. The molecule has 0 radical (unpaired) electrons. The minimum Gasteiger partial charge on any atom is -0.477 e. The lowest BCUT2D eigenvalue weighted by molar-refractivity contribution is -0.384. The van der Waals surface area contributed by atoms with Gasteiger partial charge in [0.25, 0.3) is 0 Å². The Morgan fingerprint density at radius 1 is 1.38 bits per heavy atom. The molecular weight excluding hydrogens is 272 g/mol. The van der Waals surface area contributed by atoms with Crippen LogP contribution in [0.1, 0.15) is 49.4 Å². The second-order valence-electron chi connectivity index (χ2n) is 5.53. The van der Waals surface area contributed by atoms with Crippen molar-refractivity contribution in [3.05, 3.63) is 33.9 Å². The van der Waals surface area contributed by atoms with E-state index in [4.69, 9.17) is 5.11 Å². The van der Waals surface area contributed by atoms with E-state index in [1.54, 1.807) is 6.07 Å². The van der Waals surface area contributed by atoms with Crippen LogP contribution >= 0.6 is 0 Å². The first-order valence-electron chi connectivity index (χ1n) is 7.30. The van der Waals surface area contributed by atoms with E-state index >= 15 is 0 Å². The number of rotatable bonds is 5. The van der Waals surface area contributed by atoms with Crippen LogP contribution in [0.2, 0.25) is 0 Å². The van der Waals surface area contributed by atoms with Crippen LogP contribution in [0, 0.1) is 16.0 Å². The van der Waals surface area contributed by atoms with Crippen molar-refractivity contribution in [3.63, 3.8) is 0 Å². The van der Waals surface area contributed by atoms with Crippen LogP contribution in [0.5, 0.6) is 0 Å². The van der Waals surface area contributed by atoms with E-state index in [2.05, 4.69) is 12.2 Å². The number of carbonyl (C=O) groups is 1. The van der Waals surface area contributed by atoms with Gasteiger partial charge in [-0.2, -0.15) is 0 Å². The van der Waals surface area contributed by atoms with Gasteiger partial charge in [0.2, 0.25) is 0 Å². The fourth-order valence-corrected chi connectivity index (χ4v) is 2.96. The van der Waals surface area contributed by atoms with E-state index in [9.17, 15) is 14.9 Å². The monoisotopic (exact) mass is 292 g/mol. The van der Waals surface area contributed by atoms with E-state index in [0.29, 0.717) is 5.69 Å². The molecule has 0 saturated heterocycles. The van der Waals surface area contributed by atoms with Crippen molar-refractivity contribution >= 4 is 17.3 Å². The van der Waals surface area contributed by atoms with Crippen LogP contribution in [-0.2, 0) is 0 Å². The van der Waals surface area contributed by atoms with Crippen LogP contribution in [0.4, 0.5) is 11.4 Å². The van der Waals surface area contributed by atoms with E-state index in [-0.39, 0.29) is 17.3 Å². The number of para-hydroxylation sites is 1. The summed E-state index contributed by atoms with van der Waals surface area (Å²) >= 11 is 0. The number of hydrogen-bond acceptors (Lipinski definition) is 4. The summed E-state index contributed by atoms with van der Waals surface area (Å²) in [5, 5.41) is 23.4. The average molecular weight is 292 g/mol. The van der Waals surface area contributed by atoms with Gasteiger partial charge in [0.1, 0.15) is 11.3 Å². The van der Waals surface area contributed by atoms with Gasteiger partial charge in [-0.1, -0.05) is 19.4 Å². The fraction of sp³-hybridized carbons (Fsp3) is 0.533. The molecule has 21 heavy (non-hydrogen) atoms. The number of anilines is 1. The molecule has 1 fully saturated rings. The van der Waals surface area contributed by atoms with E-state index in [1.807, 2.05) is 0 Å². The molecule has 1 aliphatic carbocycles. The summed E-state index contributed by atoms with van der Waals surface area (Å²) in [5.41, 5.74) is -0.310. The quantitative estimate of drug-likeness (QED) is 0.638. The van der Waals surface area contributed by atoms with Crippen molar-refractivity contribution in [3.8, 4) is 0 Å². The Labute approximate surface area is 123 Å². The molecule has 0 unspecified atom stereocenters. The fourth-order valence-electron chi connectivity index (χ4n) is 2.96. The predicted octanol–water partition coefficient (Wildman–Crippen LogP) is 3.67. The number of carboxylic acid groups (broad SMARTS) is 1. The van der Waals surface area contributed by atoms with Crippen LogP contribution in [0.15, 0.2) is 18.2 Å². The van der Waals surface area contributed by atoms with Gasteiger partial charge in [0.15, 0.2) is 0 Å². The summed E-state index contributed by atoms with van der Waals surface area (Å²) in [6, 6.07) is 4.56. The van der Waals surface area contributed by atoms with Crippen LogP contribution < -0.4 is 5.32 Å². The number of nitro benzene ring substituents is 1. The maximum absolute atomic E-state index is 11.2. The first-order valence-corrected chi connectivity index (χ1v) is 7.30. The van der Waals surface area contributed by atoms with Crippen molar-refractivity contribution in [2.45, 2.75) is 45.1 Å². The van der Waals surface area contributed by atoms with Gasteiger partial charge >= 0.3 is 11.7 Å². The van der Waals surface area contributed by atoms with Crippen molar-refractivity contribution in [1.82, 2.24) is 0 Å². The molecule has 1 aromatic rings. The predicted molar refractivity (Wildman–Crippen MR) is 79.7 cm³/mol. The Hall–Kier alpha value is -2.11. The lowest BCUT2D eigenvalue weighted by atomic mass is 9.84. The van der Waals surface area contributed by atoms with Gasteiger partial charge in [0, 0.05) is 6.04 Å². The summed E-state index contributed by atoms with van der Waals surface area (Å²) in [4.78, 5) is 21.7. The number of nitrogens with one attached hydrogen (secondary N) is 1. The standard InChI is InChI=1S/C15H20N2O4/c1-2-10-6-8-11(9-7-10)16-13-5-3-4-12(15(18)19)14(13)17(20)21/h3-5,10-11,16H,2,6-9H2,1H3,(H,18,19). The molecule has 0 aromatic heterocycles. The highest BCUT2D eigenvalue weighted by Gasteiger charge is 2.27. The maximum atomic E-state index is 11.2. The Balaban J connectivity index is 2.19. The zero-order valence-electron chi connectivity index (χ0n) is 12.0. The summed E-state index contributed by atoms with van der Waals surface area (Å²) in [6.07, 6.45) is 5.32. The van der Waals surface area contributed by atoms with Gasteiger partial charge in [-0.25, -0.2) is 4.79 Å². The van der Waals surface area contributed by atoms with E-state index in [1.165, 1.54) is 18.6 Å². The molecule has 1 saturated carbocycles. The molecule has 2 rings (SSSR count). The zero-order valence-corrected chi connectivity index (χ0v) is 12.0. The lowest BCUT2D eigenvalue weighted by Gasteiger charge is -2.29. The van der Waals surface area contributed by atoms with Crippen molar-refractivity contribution in [1.29, 1.82) is 0 Å². The van der Waals surface area contributed by atoms with Crippen LogP contribution in [0.3, 0.4) is 0 Å². The molecule has 6 heteroatoms. The minimum absolute atomic E-state index is 0.176. The van der Waals surface area contributed by atoms with Gasteiger partial charge < -0.3 is 10.4 Å². The average Bonchev–Trinajstić information content (AvgIpc) is 2.47. The number of hydrogen-bond donors (Lipinski definition) is 2. The van der Waals surface area contributed by atoms with E-state index in [0.717, 1.165) is 31.6 Å². The highest BCUT2D eigenvalue weighted by atomic mass is 16.6. The Kier molecular flexibility index (Phi) is 4.77. The summed E-state index contributed by atoms with van der Waals surface area (Å²) in [6.45, 7) is 2.18. The summed E-state index contributed by atoms with van der Waals surface area (Å²) in [5.74, 6) is -0.538. The van der Waals surface area contributed by atoms with Crippen LogP contribution in [0.25, 0.3) is 0 Å². The van der Waals surface area contributed by atoms with Crippen molar-refractivity contribution in [2.75, 3.05) is 5.32 Å². The molecular formula is C15H20N2O4. The minimum atomic E-state index is -1.28. The molecule has 0 atom stereocenters. The maximum Gasteiger partial charge on any atom is 0.342 e. The van der Waals surface area contributed by atoms with Gasteiger partial charge in [0.05, 0.1) is 4.92 Å². The molecule has 2 N–H and O–H groups in total. The molecule has 0 aliphatic heterocycles. The molecule has 0 heterocycles. The largest absolute Gasteiger partial charge is 0.477 e. The Morgan fingerprint density at radius 3 is 2.57 bits per heavy atom. The van der Waals surface area contributed by atoms with Crippen molar-refractivity contribution in [2.24, 2.45) is 5.92 Å². The second-order valence-corrected chi connectivity index (χ2v) is 5.53. The normalized spacial score (nSPS) is 21.8. The highest BCUT2D eigenvalue weighted by Crippen LogP contribution is 2.33. The molecule has 0 spiro atoms.